The van der Waals surface area contributed by atoms with Crippen molar-refractivity contribution in [2.75, 3.05) is 0 Å². The molecule has 0 aliphatic carbocycles. The molecule has 0 aliphatic heterocycles. The number of nitrogens with zero attached hydrogens (tertiary/aromatic N) is 1. The summed E-state index contributed by atoms with van der Waals surface area (Å²) in [6.07, 6.45) is 3.57. The van der Waals surface area contributed by atoms with Gasteiger partial charge in [0.2, 0.25) is 0 Å². The van der Waals surface area contributed by atoms with Crippen LogP contribution in [0.4, 0.5) is 0 Å². The molecule has 2 rings (SSSR count). The van der Waals surface area contributed by atoms with E-state index in [1.807, 2.05) is 30.5 Å². The summed E-state index contributed by atoms with van der Waals surface area (Å²) in [5.41, 5.74) is 9.80. The lowest BCUT2D eigenvalue weighted by atomic mass is 10.2. The molecule has 1 heterocycles. The van der Waals surface area contributed by atoms with Crippen molar-refractivity contribution in [1.29, 1.82) is 0 Å². The Balaban J connectivity index is 2.31. The van der Waals surface area contributed by atoms with E-state index in [2.05, 4.69) is 27.7 Å². The zero-order valence-corrected chi connectivity index (χ0v) is 8.71. The lowest BCUT2D eigenvalue weighted by Gasteiger charge is -1.97. The molecule has 0 spiro atoms. The SMILES string of the molecule is NC(=S)N/N=C/c1cccc2cc[nH]c12. The van der Waals surface area contributed by atoms with Crippen LogP contribution in [0.5, 0.6) is 0 Å². The van der Waals surface area contributed by atoms with Gasteiger partial charge < -0.3 is 10.7 Å². The number of para-hydroxylation sites is 1. The molecule has 0 saturated carbocycles. The van der Waals surface area contributed by atoms with E-state index in [0.29, 0.717) is 0 Å². The topological polar surface area (TPSA) is 66.2 Å². The third-order valence-electron chi connectivity index (χ3n) is 2.00. The van der Waals surface area contributed by atoms with Crippen molar-refractivity contribution in [2.24, 2.45) is 10.8 Å². The number of aromatic amines is 1. The summed E-state index contributed by atoms with van der Waals surface area (Å²) >= 11 is 4.64. The van der Waals surface area contributed by atoms with Gasteiger partial charge in [-0.1, -0.05) is 18.2 Å². The molecule has 0 saturated heterocycles. The van der Waals surface area contributed by atoms with E-state index in [1.54, 1.807) is 6.21 Å². The quantitative estimate of drug-likeness (QED) is 0.405. The summed E-state index contributed by atoms with van der Waals surface area (Å²) in [4.78, 5) is 3.14. The van der Waals surface area contributed by atoms with Gasteiger partial charge in [0.1, 0.15) is 0 Å². The molecule has 76 valence electrons. The van der Waals surface area contributed by atoms with Gasteiger partial charge in [0, 0.05) is 17.1 Å². The standard InChI is InChI=1S/C10H10N4S/c11-10(15)14-13-6-8-3-1-2-7-4-5-12-9(7)8/h1-6,12H,(H3,11,14,15)/b13-6+. The first-order valence-corrected chi connectivity index (χ1v) is 4.83. The Morgan fingerprint density at radius 2 is 2.33 bits per heavy atom. The highest BCUT2D eigenvalue weighted by molar-refractivity contribution is 7.80. The van der Waals surface area contributed by atoms with E-state index in [4.69, 9.17) is 5.73 Å². The van der Waals surface area contributed by atoms with Gasteiger partial charge in [0.05, 0.1) is 11.7 Å². The molecule has 1 aromatic heterocycles. The molecule has 0 aliphatic rings. The molecule has 0 amide bonds. The highest BCUT2D eigenvalue weighted by atomic mass is 32.1. The molecule has 4 N–H and O–H groups in total. The predicted octanol–water partition coefficient (Wildman–Crippen LogP) is 1.33. The van der Waals surface area contributed by atoms with Crippen molar-refractivity contribution in [3.63, 3.8) is 0 Å². The number of rotatable bonds is 2. The van der Waals surface area contributed by atoms with Crippen LogP contribution in [0, 0.1) is 0 Å². The maximum absolute atomic E-state index is 5.25. The van der Waals surface area contributed by atoms with Gasteiger partial charge >= 0.3 is 0 Å². The Labute approximate surface area is 92.2 Å². The van der Waals surface area contributed by atoms with E-state index in [-0.39, 0.29) is 5.11 Å². The van der Waals surface area contributed by atoms with Crippen LogP contribution in [0.3, 0.4) is 0 Å². The van der Waals surface area contributed by atoms with Crippen molar-refractivity contribution < 1.29 is 0 Å². The van der Waals surface area contributed by atoms with Crippen molar-refractivity contribution in [2.45, 2.75) is 0 Å². The summed E-state index contributed by atoms with van der Waals surface area (Å²) in [6, 6.07) is 7.97. The highest BCUT2D eigenvalue weighted by Gasteiger charge is 1.97. The number of nitrogens with two attached hydrogens (primary N) is 1. The number of fused-ring (bicyclic) bond motifs is 1. The summed E-state index contributed by atoms with van der Waals surface area (Å²) in [7, 11) is 0. The minimum Gasteiger partial charge on any atom is -0.375 e. The van der Waals surface area contributed by atoms with Crippen LogP contribution in [-0.2, 0) is 0 Å². The van der Waals surface area contributed by atoms with Crippen LogP contribution in [0.25, 0.3) is 10.9 Å². The number of hydrogen-bond acceptors (Lipinski definition) is 2. The van der Waals surface area contributed by atoms with Gasteiger partial charge in [-0.05, 0) is 18.3 Å². The van der Waals surface area contributed by atoms with Crippen LogP contribution in [0.15, 0.2) is 35.6 Å². The molecule has 0 atom stereocenters. The second-order valence-corrected chi connectivity index (χ2v) is 3.46. The Morgan fingerprint density at radius 1 is 1.47 bits per heavy atom. The minimum atomic E-state index is 0.157. The lowest BCUT2D eigenvalue weighted by Crippen LogP contribution is -2.24. The third kappa shape index (κ3) is 2.13. The lowest BCUT2D eigenvalue weighted by molar-refractivity contribution is 1.04. The van der Waals surface area contributed by atoms with Crippen molar-refractivity contribution in [1.82, 2.24) is 10.4 Å². The molecule has 2 aromatic rings. The second-order valence-electron chi connectivity index (χ2n) is 3.02. The van der Waals surface area contributed by atoms with Crippen LogP contribution in [0.2, 0.25) is 0 Å². The Kier molecular flexibility index (Phi) is 2.64. The zero-order valence-electron chi connectivity index (χ0n) is 7.90. The molecule has 5 heteroatoms. The monoisotopic (exact) mass is 218 g/mol. The summed E-state index contributed by atoms with van der Waals surface area (Å²) in [5, 5.41) is 5.21. The summed E-state index contributed by atoms with van der Waals surface area (Å²) in [6.45, 7) is 0. The fourth-order valence-corrected chi connectivity index (χ4v) is 1.43. The highest BCUT2D eigenvalue weighted by Crippen LogP contribution is 2.14. The fraction of sp³-hybridized carbons (Fsp3) is 0. The van der Waals surface area contributed by atoms with Gasteiger partial charge in [-0.25, -0.2) is 0 Å². The number of benzene rings is 1. The number of aromatic nitrogens is 1. The van der Waals surface area contributed by atoms with E-state index in [1.165, 1.54) is 0 Å². The minimum absolute atomic E-state index is 0.157. The van der Waals surface area contributed by atoms with Gasteiger partial charge in [-0.2, -0.15) is 5.10 Å². The van der Waals surface area contributed by atoms with Crippen LogP contribution < -0.4 is 11.2 Å². The largest absolute Gasteiger partial charge is 0.375 e. The summed E-state index contributed by atoms with van der Waals surface area (Å²) in [5.74, 6) is 0. The first kappa shape index (κ1) is 9.67. The van der Waals surface area contributed by atoms with Crippen LogP contribution in [0.1, 0.15) is 5.56 Å². The maximum atomic E-state index is 5.25. The van der Waals surface area contributed by atoms with Crippen molar-refractivity contribution >= 4 is 34.4 Å². The normalized spacial score (nSPS) is 10.9. The Hall–Kier alpha value is -1.88. The average Bonchev–Trinajstić information content (AvgIpc) is 2.65. The predicted molar refractivity (Wildman–Crippen MR) is 65.8 cm³/mol. The number of thiocarbonyl (C=S) groups is 1. The number of hydrogen-bond donors (Lipinski definition) is 3. The third-order valence-corrected chi connectivity index (χ3v) is 2.09. The average molecular weight is 218 g/mol. The zero-order chi connectivity index (χ0) is 10.7. The molecule has 4 nitrogen and oxygen atoms in total. The first-order chi connectivity index (χ1) is 7.27. The first-order valence-electron chi connectivity index (χ1n) is 4.42. The Morgan fingerprint density at radius 3 is 3.13 bits per heavy atom. The van der Waals surface area contributed by atoms with Crippen LogP contribution in [-0.4, -0.2) is 16.3 Å². The van der Waals surface area contributed by atoms with Gasteiger partial charge in [-0.15, -0.1) is 0 Å². The number of H-pyrrole nitrogens is 1. The molecule has 0 radical (unpaired) electrons. The molecular formula is C10H10N4S. The van der Waals surface area contributed by atoms with Crippen molar-refractivity contribution in [3.8, 4) is 0 Å². The van der Waals surface area contributed by atoms with Gasteiger partial charge in [0.15, 0.2) is 5.11 Å². The van der Waals surface area contributed by atoms with E-state index >= 15 is 0 Å². The summed E-state index contributed by atoms with van der Waals surface area (Å²) < 4.78 is 0. The molecular weight excluding hydrogens is 208 g/mol. The van der Waals surface area contributed by atoms with Gasteiger partial charge in [-0.3, -0.25) is 5.43 Å². The number of hydrazone groups is 1. The van der Waals surface area contributed by atoms with E-state index in [0.717, 1.165) is 16.5 Å². The molecule has 0 unspecified atom stereocenters. The molecule has 0 fully saturated rings. The Bertz CT molecular complexity index is 515. The van der Waals surface area contributed by atoms with Crippen LogP contribution >= 0.6 is 12.2 Å². The number of nitrogens with one attached hydrogen (secondary N) is 2. The van der Waals surface area contributed by atoms with Crippen molar-refractivity contribution in [3.05, 3.63) is 36.0 Å². The molecule has 0 bridgehead atoms. The van der Waals surface area contributed by atoms with Gasteiger partial charge in [0.25, 0.3) is 0 Å². The molecule has 15 heavy (non-hydrogen) atoms. The molecule has 1 aromatic carbocycles. The maximum Gasteiger partial charge on any atom is 0.184 e. The van der Waals surface area contributed by atoms with E-state index in [9.17, 15) is 0 Å². The smallest absolute Gasteiger partial charge is 0.184 e. The van der Waals surface area contributed by atoms with E-state index < -0.39 is 0 Å². The fourth-order valence-electron chi connectivity index (χ4n) is 1.38. The second kappa shape index (κ2) is 4.10.